The first kappa shape index (κ1) is 20.6. The number of ketones is 1. The maximum atomic E-state index is 12.7. The Bertz CT molecular complexity index is 1220. The molecule has 32 heavy (non-hydrogen) atoms. The summed E-state index contributed by atoms with van der Waals surface area (Å²) in [5, 5.41) is 5.04. The number of aryl methyl sites for hydroxylation is 1. The van der Waals surface area contributed by atoms with Crippen LogP contribution in [0.15, 0.2) is 36.8 Å². The number of benzene rings is 1. The van der Waals surface area contributed by atoms with E-state index in [-0.39, 0.29) is 36.6 Å². The summed E-state index contributed by atoms with van der Waals surface area (Å²) in [6.07, 6.45) is 1.61. The van der Waals surface area contributed by atoms with Gasteiger partial charge in [0.25, 0.3) is 0 Å². The lowest BCUT2D eigenvalue weighted by molar-refractivity contribution is -0.203. The van der Waals surface area contributed by atoms with E-state index in [1.165, 1.54) is 0 Å². The molecule has 1 saturated carbocycles. The number of aromatic nitrogens is 4. The molecule has 166 valence electrons. The van der Waals surface area contributed by atoms with Gasteiger partial charge in [0.2, 0.25) is 0 Å². The molecular weight excluding hydrogens is 423 g/mol. The zero-order valence-electron chi connectivity index (χ0n) is 17.3. The minimum absolute atomic E-state index is 0.0148. The van der Waals surface area contributed by atoms with Gasteiger partial charge in [0.1, 0.15) is 11.6 Å². The molecule has 5 rings (SSSR count). The van der Waals surface area contributed by atoms with E-state index in [1.54, 1.807) is 17.1 Å². The lowest BCUT2D eigenvalue weighted by Gasteiger charge is -2.58. The summed E-state index contributed by atoms with van der Waals surface area (Å²) in [5.41, 5.74) is 2.31. The van der Waals surface area contributed by atoms with E-state index in [1.807, 2.05) is 31.4 Å². The van der Waals surface area contributed by atoms with Crippen molar-refractivity contribution in [1.82, 2.24) is 24.6 Å². The molecule has 1 saturated heterocycles. The van der Waals surface area contributed by atoms with Gasteiger partial charge in [-0.15, -0.1) is 0 Å². The molecule has 1 amide bonds. The van der Waals surface area contributed by atoms with Crippen LogP contribution in [0.4, 0.5) is 13.2 Å². The predicted octanol–water partition coefficient (Wildman–Crippen LogP) is 2.94. The number of Topliss-reactive ketones (excluding diaryl/α,β-unsaturated/α-hetero) is 1. The van der Waals surface area contributed by atoms with Crippen molar-refractivity contribution >= 4 is 22.6 Å². The lowest BCUT2D eigenvalue weighted by Crippen LogP contribution is -2.66. The van der Waals surface area contributed by atoms with Crippen LogP contribution in [0.3, 0.4) is 0 Å². The van der Waals surface area contributed by atoms with Crippen LogP contribution in [-0.2, 0) is 23.1 Å². The number of hydrogen-bond acceptors (Lipinski definition) is 5. The SMILES string of the molecule is Cn1cc(-c2ccc3cnc(CC(=O)C4CC5(C4)CN(C(=O)C(F)(F)F)C5)nc3c2)cn1. The highest BCUT2D eigenvalue weighted by Gasteiger charge is 2.58. The van der Waals surface area contributed by atoms with Crippen molar-refractivity contribution in [1.29, 1.82) is 0 Å². The Kier molecular flexibility index (Phi) is 4.58. The zero-order valence-corrected chi connectivity index (χ0v) is 17.3. The summed E-state index contributed by atoms with van der Waals surface area (Å²) >= 11 is 0. The van der Waals surface area contributed by atoms with Gasteiger partial charge in [0.15, 0.2) is 0 Å². The van der Waals surface area contributed by atoms with Gasteiger partial charge in [0, 0.05) is 54.8 Å². The van der Waals surface area contributed by atoms with E-state index in [4.69, 9.17) is 0 Å². The minimum atomic E-state index is -4.84. The highest BCUT2D eigenvalue weighted by Crippen LogP contribution is 2.53. The smallest absolute Gasteiger partial charge is 0.334 e. The van der Waals surface area contributed by atoms with Gasteiger partial charge in [0.05, 0.1) is 18.1 Å². The van der Waals surface area contributed by atoms with Gasteiger partial charge in [-0.2, -0.15) is 18.3 Å². The molecule has 1 aromatic carbocycles. The second-order valence-electron chi connectivity index (χ2n) is 8.87. The Hall–Kier alpha value is -3.30. The average Bonchev–Trinajstić information content (AvgIpc) is 3.10. The van der Waals surface area contributed by atoms with Crippen molar-refractivity contribution < 1.29 is 22.8 Å². The van der Waals surface area contributed by atoms with E-state index in [0.29, 0.717) is 18.7 Å². The number of alkyl halides is 3. The van der Waals surface area contributed by atoms with Gasteiger partial charge in [-0.25, -0.2) is 9.97 Å². The van der Waals surface area contributed by atoms with Crippen LogP contribution in [0.2, 0.25) is 0 Å². The zero-order chi connectivity index (χ0) is 22.7. The molecule has 0 radical (unpaired) electrons. The van der Waals surface area contributed by atoms with Crippen LogP contribution in [0, 0.1) is 11.3 Å². The van der Waals surface area contributed by atoms with Crippen LogP contribution >= 0.6 is 0 Å². The van der Waals surface area contributed by atoms with Gasteiger partial charge in [-0.1, -0.05) is 12.1 Å². The van der Waals surface area contributed by atoms with E-state index >= 15 is 0 Å². The minimum Gasteiger partial charge on any atom is -0.334 e. The summed E-state index contributed by atoms with van der Waals surface area (Å²) in [5.74, 6) is -1.61. The Balaban J connectivity index is 1.22. The molecule has 10 heteroatoms. The molecule has 1 spiro atoms. The number of rotatable bonds is 4. The molecule has 0 atom stereocenters. The Labute approximate surface area is 181 Å². The van der Waals surface area contributed by atoms with Crippen molar-refractivity contribution in [3.8, 4) is 11.1 Å². The van der Waals surface area contributed by atoms with Gasteiger partial charge < -0.3 is 4.90 Å². The van der Waals surface area contributed by atoms with Gasteiger partial charge >= 0.3 is 12.1 Å². The number of nitrogens with zero attached hydrogens (tertiary/aromatic N) is 5. The van der Waals surface area contributed by atoms with Crippen molar-refractivity contribution in [2.45, 2.75) is 25.4 Å². The Morgan fingerprint density at radius 2 is 1.91 bits per heavy atom. The van der Waals surface area contributed by atoms with Crippen LogP contribution in [0.25, 0.3) is 22.0 Å². The molecule has 0 bridgehead atoms. The first-order valence-corrected chi connectivity index (χ1v) is 10.3. The van der Waals surface area contributed by atoms with Crippen molar-refractivity contribution in [2.75, 3.05) is 13.1 Å². The number of carbonyl (C=O) groups excluding carboxylic acids is 2. The maximum absolute atomic E-state index is 12.7. The third-order valence-corrected chi connectivity index (χ3v) is 6.40. The Morgan fingerprint density at radius 3 is 2.56 bits per heavy atom. The van der Waals surface area contributed by atoms with Crippen molar-refractivity contribution in [3.05, 3.63) is 42.6 Å². The van der Waals surface area contributed by atoms with Crippen molar-refractivity contribution in [2.24, 2.45) is 18.4 Å². The van der Waals surface area contributed by atoms with E-state index < -0.39 is 12.1 Å². The molecule has 3 aromatic rings. The molecule has 0 unspecified atom stereocenters. The molecule has 2 fully saturated rings. The van der Waals surface area contributed by atoms with Gasteiger partial charge in [-0.3, -0.25) is 14.3 Å². The molecule has 3 heterocycles. The van der Waals surface area contributed by atoms with E-state index in [2.05, 4.69) is 15.1 Å². The van der Waals surface area contributed by atoms with E-state index in [9.17, 15) is 22.8 Å². The average molecular weight is 443 g/mol. The molecule has 2 aromatic heterocycles. The van der Waals surface area contributed by atoms with Gasteiger partial charge in [-0.05, 0) is 24.5 Å². The fourth-order valence-electron chi connectivity index (χ4n) is 4.75. The quantitative estimate of drug-likeness (QED) is 0.620. The third-order valence-electron chi connectivity index (χ3n) is 6.40. The highest BCUT2D eigenvalue weighted by molar-refractivity contribution is 5.87. The number of carbonyl (C=O) groups is 2. The Morgan fingerprint density at radius 1 is 1.16 bits per heavy atom. The second kappa shape index (κ2) is 7.11. The fraction of sp³-hybridized carbons (Fsp3) is 0.409. The molecule has 0 N–H and O–H groups in total. The van der Waals surface area contributed by atoms with Crippen molar-refractivity contribution in [3.63, 3.8) is 0 Å². The monoisotopic (exact) mass is 443 g/mol. The molecule has 7 nitrogen and oxygen atoms in total. The normalized spacial score (nSPS) is 17.9. The van der Waals surface area contributed by atoms with E-state index in [0.717, 1.165) is 26.9 Å². The molecule has 1 aliphatic heterocycles. The third kappa shape index (κ3) is 3.63. The largest absolute Gasteiger partial charge is 0.471 e. The van der Waals surface area contributed by atoms with Crippen LogP contribution < -0.4 is 0 Å². The molecule has 2 aliphatic rings. The summed E-state index contributed by atoms with van der Waals surface area (Å²) < 4.78 is 39.3. The fourth-order valence-corrected chi connectivity index (χ4v) is 4.75. The lowest BCUT2D eigenvalue weighted by atomic mass is 9.56. The summed E-state index contributed by atoms with van der Waals surface area (Å²) in [7, 11) is 1.84. The van der Waals surface area contributed by atoms with Crippen LogP contribution in [0.1, 0.15) is 18.7 Å². The summed E-state index contributed by atoms with van der Waals surface area (Å²) in [6.45, 7) is 0.136. The molecular formula is C22H20F3N5O2. The van der Waals surface area contributed by atoms with Crippen LogP contribution in [-0.4, -0.2) is 55.6 Å². The number of amides is 1. The molecule has 1 aliphatic carbocycles. The first-order valence-electron chi connectivity index (χ1n) is 10.3. The number of likely N-dealkylation sites (tertiary alicyclic amines) is 1. The number of fused-ring (bicyclic) bond motifs is 1. The summed E-state index contributed by atoms with van der Waals surface area (Å²) in [4.78, 5) is 33.6. The highest BCUT2D eigenvalue weighted by atomic mass is 19.4. The second-order valence-corrected chi connectivity index (χ2v) is 8.87. The first-order chi connectivity index (χ1) is 15.1. The number of hydrogen-bond donors (Lipinski definition) is 0. The topological polar surface area (TPSA) is 81.0 Å². The predicted molar refractivity (Wildman–Crippen MR) is 108 cm³/mol. The summed E-state index contributed by atoms with van der Waals surface area (Å²) in [6, 6.07) is 5.82. The maximum Gasteiger partial charge on any atom is 0.471 e. The standard InChI is InChI=1S/C22H20F3N5O2/c1-29-10-16(9-27-29)13-2-3-14-8-26-19(28-17(14)4-13)5-18(31)15-6-21(7-15)11-30(12-21)20(32)22(23,24)25/h2-4,8-10,15H,5-7,11-12H2,1H3. The van der Waals surface area contributed by atoms with Crippen LogP contribution in [0.5, 0.6) is 0 Å². The number of halogens is 3.